The van der Waals surface area contributed by atoms with Crippen LogP contribution in [0.3, 0.4) is 0 Å². The molecule has 0 saturated carbocycles. The molecule has 0 spiro atoms. The first-order chi connectivity index (χ1) is 17.0. The van der Waals surface area contributed by atoms with E-state index in [0.717, 1.165) is 25.9 Å². The van der Waals surface area contributed by atoms with Gasteiger partial charge in [-0.1, -0.05) is 46.3 Å². The molecule has 1 aliphatic rings. The van der Waals surface area contributed by atoms with Gasteiger partial charge in [-0.2, -0.15) is 0 Å². The molecule has 1 aliphatic heterocycles. The van der Waals surface area contributed by atoms with Crippen molar-refractivity contribution < 1.29 is 14.3 Å². The summed E-state index contributed by atoms with van der Waals surface area (Å²) in [4.78, 5) is 29.6. The number of rotatable bonds is 6. The van der Waals surface area contributed by atoms with Crippen molar-refractivity contribution >= 4 is 61.1 Å². The molecule has 4 rings (SSSR count). The highest BCUT2D eigenvalue weighted by Gasteiger charge is 2.23. The van der Waals surface area contributed by atoms with Gasteiger partial charge in [0.05, 0.1) is 23.0 Å². The average Bonchev–Trinajstić information content (AvgIpc) is 2.88. The summed E-state index contributed by atoms with van der Waals surface area (Å²) in [6.07, 6.45) is 3.21. The minimum atomic E-state index is -0.242. The van der Waals surface area contributed by atoms with E-state index < -0.39 is 0 Å². The highest BCUT2D eigenvalue weighted by Crippen LogP contribution is 2.33. The molecule has 180 valence electrons. The Labute approximate surface area is 221 Å². The number of amides is 2. The molecule has 0 aliphatic carbocycles. The number of piperazine rings is 1. The monoisotopic (exact) mass is 597 g/mol. The van der Waals surface area contributed by atoms with Gasteiger partial charge in [0.25, 0.3) is 5.91 Å². The highest BCUT2D eigenvalue weighted by molar-refractivity contribution is 9.11. The van der Waals surface area contributed by atoms with Crippen molar-refractivity contribution in [1.29, 1.82) is 0 Å². The third-order valence-electron chi connectivity index (χ3n) is 5.75. The number of halogens is 2. The number of carbonyl (C=O) groups is 2. The lowest BCUT2D eigenvalue weighted by Crippen LogP contribution is -2.49. The van der Waals surface area contributed by atoms with E-state index in [2.05, 4.69) is 42.1 Å². The summed E-state index contributed by atoms with van der Waals surface area (Å²) in [5.74, 6) is 0.459. The van der Waals surface area contributed by atoms with Crippen LogP contribution in [0.15, 0.2) is 81.8 Å². The zero-order chi connectivity index (χ0) is 24.8. The van der Waals surface area contributed by atoms with Crippen LogP contribution in [0.1, 0.15) is 15.9 Å². The molecule has 0 unspecified atom stereocenters. The van der Waals surface area contributed by atoms with Gasteiger partial charge in [-0.05, 0) is 58.4 Å². The maximum Gasteiger partial charge on any atom is 0.253 e. The first-order valence-corrected chi connectivity index (χ1v) is 12.8. The van der Waals surface area contributed by atoms with Gasteiger partial charge in [-0.25, -0.2) is 0 Å². The lowest BCUT2D eigenvalue weighted by atomic mass is 10.1. The van der Waals surface area contributed by atoms with Gasteiger partial charge in [0.1, 0.15) is 5.75 Å². The summed E-state index contributed by atoms with van der Waals surface area (Å²) < 4.78 is 7.12. The molecule has 3 aromatic rings. The van der Waals surface area contributed by atoms with Crippen LogP contribution in [-0.2, 0) is 4.79 Å². The number of para-hydroxylation sites is 2. The smallest absolute Gasteiger partial charge is 0.253 e. The number of ether oxygens (including phenoxy) is 1. The Balaban J connectivity index is 1.42. The minimum Gasteiger partial charge on any atom is -0.495 e. The largest absolute Gasteiger partial charge is 0.495 e. The topological polar surface area (TPSA) is 61.9 Å². The minimum absolute atomic E-state index is 0.0478. The fraction of sp³-hybridized carbons (Fsp3) is 0.185. The van der Waals surface area contributed by atoms with E-state index in [9.17, 15) is 9.59 Å². The number of nitrogens with zero attached hydrogens (tertiary/aromatic N) is 2. The number of hydrogen-bond acceptors (Lipinski definition) is 4. The van der Waals surface area contributed by atoms with Gasteiger partial charge in [-0.3, -0.25) is 9.59 Å². The molecular weight excluding hydrogens is 574 g/mol. The summed E-state index contributed by atoms with van der Waals surface area (Å²) in [5.41, 5.74) is 3.14. The van der Waals surface area contributed by atoms with Gasteiger partial charge in [0.15, 0.2) is 0 Å². The number of carbonyl (C=O) groups excluding carboxylic acids is 2. The molecule has 1 saturated heterocycles. The van der Waals surface area contributed by atoms with Crippen molar-refractivity contribution in [1.82, 2.24) is 4.90 Å². The van der Waals surface area contributed by atoms with Gasteiger partial charge in [-0.15, -0.1) is 0 Å². The Morgan fingerprint density at radius 3 is 2.34 bits per heavy atom. The van der Waals surface area contributed by atoms with E-state index >= 15 is 0 Å². The van der Waals surface area contributed by atoms with E-state index in [0.29, 0.717) is 37.5 Å². The van der Waals surface area contributed by atoms with Crippen molar-refractivity contribution in [3.05, 3.63) is 92.9 Å². The maximum absolute atomic E-state index is 12.8. The van der Waals surface area contributed by atoms with Crippen LogP contribution in [0.5, 0.6) is 5.75 Å². The van der Waals surface area contributed by atoms with Crippen molar-refractivity contribution in [2.24, 2.45) is 0 Å². The van der Waals surface area contributed by atoms with Crippen LogP contribution < -0.4 is 15.0 Å². The molecule has 6 nitrogen and oxygen atoms in total. The molecule has 1 heterocycles. The molecule has 2 amide bonds. The van der Waals surface area contributed by atoms with E-state index in [4.69, 9.17) is 4.74 Å². The number of hydrogen-bond donors (Lipinski definition) is 1. The van der Waals surface area contributed by atoms with Crippen LogP contribution in [0.25, 0.3) is 6.08 Å². The van der Waals surface area contributed by atoms with Crippen LogP contribution in [0.2, 0.25) is 0 Å². The summed E-state index contributed by atoms with van der Waals surface area (Å²) in [6.45, 7) is 2.61. The van der Waals surface area contributed by atoms with E-state index in [1.54, 1.807) is 13.2 Å². The summed E-state index contributed by atoms with van der Waals surface area (Å²) in [6, 6.07) is 20.8. The van der Waals surface area contributed by atoms with Crippen LogP contribution in [-0.4, -0.2) is 50.0 Å². The molecular formula is C27H25Br2N3O3. The first kappa shape index (κ1) is 25.0. The Hall–Kier alpha value is -3.10. The molecule has 1 fully saturated rings. The fourth-order valence-corrected chi connectivity index (χ4v) is 5.45. The number of methoxy groups -OCH3 is 1. The van der Waals surface area contributed by atoms with Crippen LogP contribution in [0.4, 0.5) is 11.4 Å². The van der Waals surface area contributed by atoms with Gasteiger partial charge in [0.2, 0.25) is 5.91 Å². The third kappa shape index (κ3) is 6.13. The quantitative estimate of drug-likeness (QED) is 0.363. The second-order valence-corrected chi connectivity index (χ2v) is 9.77. The Morgan fingerprint density at radius 1 is 0.943 bits per heavy atom. The van der Waals surface area contributed by atoms with Crippen LogP contribution in [0, 0.1) is 0 Å². The first-order valence-electron chi connectivity index (χ1n) is 11.2. The lowest BCUT2D eigenvalue weighted by Gasteiger charge is -2.37. The Morgan fingerprint density at radius 2 is 1.63 bits per heavy atom. The SMILES string of the molecule is COc1c(Br)cc(Br)cc1C=CC(=O)Nc1ccccc1N1CCN(C(=O)c2ccccc2)CC1. The predicted octanol–water partition coefficient (Wildman–Crippen LogP) is 5.83. The van der Waals surface area contributed by atoms with Crippen molar-refractivity contribution in [3.8, 4) is 5.75 Å². The predicted molar refractivity (Wildman–Crippen MR) is 147 cm³/mol. The van der Waals surface area contributed by atoms with Crippen molar-refractivity contribution in [2.45, 2.75) is 0 Å². The van der Waals surface area contributed by atoms with Gasteiger partial charge < -0.3 is 19.9 Å². The highest BCUT2D eigenvalue weighted by atomic mass is 79.9. The normalized spacial score (nSPS) is 13.7. The van der Waals surface area contributed by atoms with E-state index in [1.807, 2.05) is 71.6 Å². The molecule has 0 aromatic heterocycles. The van der Waals surface area contributed by atoms with Crippen molar-refractivity contribution in [3.63, 3.8) is 0 Å². The lowest BCUT2D eigenvalue weighted by molar-refractivity contribution is -0.111. The van der Waals surface area contributed by atoms with Gasteiger partial charge >= 0.3 is 0 Å². The van der Waals surface area contributed by atoms with E-state index in [1.165, 1.54) is 6.08 Å². The third-order valence-corrected chi connectivity index (χ3v) is 6.79. The fourth-order valence-electron chi connectivity index (χ4n) is 4.03. The zero-order valence-corrected chi connectivity index (χ0v) is 22.4. The summed E-state index contributed by atoms with van der Waals surface area (Å²) in [7, 11) is 1.59. The molecule has 35 heavy (non-hydrogen) atoms. The molecule has 0 bridgehead atoms. The standard InChI is InChI=1S/C27H25Br2N3O3/c1-35-26-20(17-21(28)18-22(26)29)11-12-25(33)30-23-9-5-6-10-24(23)31-13-15-32(16-14-31)27(34)19-7-3-2-4-8-19/h2-12,17-18H,13-16H2,1H3,(H,30,33). The summed E-state index contributed by atoms with van der Waals surface area (Å²) in [5, 5.41) is 2.99. The average molecular weight is 599 g/mol. The molecule has 8 heteroatoms. The van der Waals surface area contributed by atoms with E-state index in [-0.39, 0.29) is 11.8 Å². The van der Waals surface area contributed by atoms with Crippen molar-refractivity contribution in [2.75, 3.05) is 43.5 Å². The number of nitrogens with one attached hydrogen (secondary N) is 1. The second-order valence-electron chi connectivity index (χ2n) is 8.00. The second kappa shape index (κ2) is 11.6. The molecule has 1 N–H and O–H groups in total. The number of anilines is 2. The Bertz CT molecular complexity index is 1240. The molecule has 0 radical (unpaired) electrons. The summed E-state index contributed by atoms with van der Waals surface area (Å²) >= 11 is 6.95. The number of benzene rings is 3. The molecule has 0 atom stereocenters. The Kier molecular flexibility index (Phi) is 8.25. The zero-order valence-electron chi connectivity index (χ0n) is 19.2. The molecule has 3 aromatic carbocycles. The van der Waals surface area contributed by atoms with Gasteiger partial charge in [0, 0.05) is 47.9 Å². The van der Waals surface area contributed by atoms with Crippen LogP contribution >= 0.6 is 31.9 Å². The maximum atomic E-state index is 12.8.